The third-order valence-electron chi connectivity index (χ3n) is 1.68. The molecule has 0 saturated heterocycles. The van der Waals surface area contributed by atoms with Crippen LogP contribution in [-0.4, -0.2) is 14.4 Å². The van der Waals surface area contributed by atoms with Crippen LogP contribution in [0.5, 0.6) is 0 Å². The van der Waals surface area contributed by atoms with Crippen molar-refractivity contribution in [2.75, 3.05) is 0 Å². The van der Waals surface area contributed by atoms with Gasteiger partial charge in [0.15, 0.2) is 0 Å². The van der Waals surface area contributed by atoms with Crippen LogP contribution in [-0.2, 0) is 0 Å². The van der Waals surface area contributed by atoms with E-state index in [1.165, 1.54) is 0 Å². The Morgan fingerprint density at radius 1 is 1.27 bits per heavy atom. The van der Waals surface area contributed by atoms with E-state index in [4.69, 9.17) is 0 Å². The van der Waals surface area contributed by atoms with Gasteiger partial charge in [-0.2, -0.15) is 0 Å². The molecule has 56 valence electrons. The zero-order valence-electron chi connectivity index (χ0n) is 6.57. The lowest BCUT2D eigenvalue weighted by atomic mass is 10.6. The van der Waals surface area contributed by atoms with E-state index in [2.05, 4.69) is 9.97 Å². The second kappa shape index (κ2) is 2.05. The average Bonchev–Trinajstić information content (AvgIpc) is 2.34. The smallest absolute Gasteiger partial charge is 0.140 e. The normalized spacial score (nSPS) is 10.7. The summed E-state index contributed by atoms with van der Waals surface area (Å²) in [4.78, 5) is 8.47. The van der Waals surface area contributed by atoms with E-state index in [9.17, 15) is 0 Å². The first-order valence-corrected chi connectivity index (χ1v) is 3.56. The van der Waals surface area contributed by atoms with Crippen molar-refractivity contribution in [3.8, 4) is 0 Å². The van der Waals surface area contributed by atoms with Gasteiger partial charge in [-0.1, -0.05) is 0 Å². The van der Waals surface area contributed by atoms with Crippen molar-refractivity contribution in [3.05, 3.63) is 30.0 Å². The standard InChI is InChI=1S/C8H9N3/c1-6-9-7(2)11-5-3-4-8(11)10-6/h3-5H,1-2H3. The highest BCUT2D eigenvalue weighted by Crippen LogP contribution is 2.03. The number of aryl methyl sites for hydroxylation is 2. The van der Waals surface area contributed by atoms with E-state index in [1.807, 2.05) is 36.6 Å². The summed E-state index contributed by atoms with van der Waals surface area (Å²) >= 11 is 0. The first-order valence-electron chi connectivity index (χ1n) is 3.56. The number of nitrogens with zero attached hydrogens (tertiary/aromatic N) is 3. The highest BCUT2D eigenvalue weighted by atomic mass is 15.1. The van der Waals surface area contributed by atoms with E-state index < -0.39 is 0 Å². The van der Waals surface area contributed by atoms with Crippen molar-refractivity contribution in [2.45, 2.75) is 13.8 Å². The molecule has 0 radical (unpaired) electrons. The van der Waals surface area contributed by atoms with E-state index in [0.29, 0.717) is 0 Å². The molecule has 2 rings (SSSR count). The summed E-state index contributed by atoms with van der Waals surface area (Å²) in [6.45, 7) is 3.88. The molecule has 3 heteroatoms. The molecule has 0 bridgehead atoms. The summed E-state index contributed by atoms with van der Waals surface area (Å²) in [7, 11) is 0. The molecule has 0 atom stereocenters. The van der Waals surface area contributed by atoms with Crippen LogP contribution in [0.15, 0.2) is 18.3 Å². The van der Waals surface area contributed by atoms with Crippen molar-refractivity contribution in [1.82, 2.24) is 14.4 Å². The van der Waals surface area contributed by atoms with Crippen LogP contribution in [0, 0.1) is 13.8 Å². The highest BCUT2D eigenvalue weighted by molar-refractivity contribution is 5.38. The van der Waals surface area contributed by atoms with E-state index in [-0.39, 0.29) is 0 Å². The van der Waals surface area contributed by atoms with Crippen molar-refractivity contribution in [3.63, 3.8) is 0 Å². The fraction of sp³-hybridized carbons (Fsp3) is 0.250. The summed E-state index contributed by atoms with van der Waals surface area (Å²) in [5.74, 6) is 1.81. The van der Waals surface area contributed by atoms with Gasteiger partial charge in [-0.25, -0.2) is 9.97 Å². The Balaban J connectivity index is 2.91. The van der Waals surface area contributed by atoms with Gasteiger partial charge in [0, 0.05) is 6.20 Å². The van der Waals surface area contributed by atoms with Crippen molar-refractivity contribution in [2.24, 2.45) is 0 Å². The molecule has 0 fully saturated rings. The molecule has 2 aromatic heterocycles. The quantitative estimate of drug-likeness (QED) is 0.563. The molecule has 2 aromatic rings. The van der Waals surface area contributed by atoms with Crippen LogP contribution in [0.4, 0.5) is 0 Å². The van der Waals surface area contributed by atoms with Gasteiger partial charge in [-0.15, -0.1) is 0 Å². The molecule has 0 aliphatic rings. The zero-order chi connectivity index (χ0) is 7.84. The van der Waals surface area contributed by atoms with Crippen LogP contribution in [0.3, 0.4) is 0 Å². The van der Waals surface area contributed by atoms with E-state index >= 15 is 0 Å². The minimum atomic E-state index is 0.828. The Morgan fingerprint density at radius 2 is 2.09 bits per heavy atom. The van der Waals surface area contributed by atoms with Gasteiger partial charge in [0.25, 0.3) is 0 Å². The summed E-state index contributed by atoms with van der Waals surface area (Å²) in [6, 6.07) is 3.94. The number of aromatic nitrogens is 3. The fourth-order valence-electron chi connectivity index (χ4n) is 1.22. The number of rotatable bonds is 0. The zero-order valence-corrected chi connectivity index (χ0v) is 6.57. The molecule has 0 aromatic carbocycles. The van der Waals surface area contributed by atoms with Gasteiger partial charge in [0.2, 0.25) is 0 Å². The average molecular weight is 147 g/mol. The third kappa shape index (κ3) is 0.888. The molecule has 3 nitrogen and oxygen atoms in total. The maximum atomic E-state index is 4.25. The van der Waals surface area contributed by atoms with Crippen molar-refractivity contribution in [1.29, 1.82) is 0 Å². The van der Waals surface area contributed by atoms with Gasteiger partial charge in [0.1, 0.15) is 17.3 Å². The van der Waals surface area contributed by atoms with E-state index in [0.717, 1.165) is 17.3 Å². The lowest BCUT2D eigenvalue weighted by molar-refractivity contribution is 0.905. The topological polar surface area (TPSA) is 30.2 Å². The summed E-state index contributed by atoms with van der Waals surface area (Å²) in [5, 5.41) is 0. The van der Waals surface area contributed by atoms with Gasteiger partial charge >= 0.3 is 0 Å². The first kappa shape index (κ1) is 6.34. The summed E-state index contributed by atoms with van der Waals surface area (Å²) < 4.78 is 1.97. The SMILES string of the molecule is Cc1nc(C)n2cccc2n1. The van der Waals surface area contributed by atoms with Crippen LogP contribution < -0.4 is 0 Å². The molecule has 0 unspecified atom stereocenters. The predicted molar refractivity (Wildman–Crippen MR) is 42.5 cm³/mol. The van der Waals surface area contributed by atoms with Gasteiger partial charge in [-0.3, -0.25) is 4.40 Å². The first-order chi connectivity index (χ1) is 5.27. The van der Waals surface area contributed by atoms with Crippen LogP contribution in [0.1, 0.15) is 11.6 Å². The van der Waals surface area contributed by atoms with Crippen LogP contribution >= 0.6 is 0 Å². The monoisotopic (exact) mass is 147 g/mol. The Labute approximate surface area is 64.7 Å². The lowest BCUT2D eigenvalue weighted by Crippen LogP contribution is -1.98. The second-order valence-electron chi connectivity index (χ2n) is 2.55. The number of hydrogen-bond acceptors (Lipinski definition) is 2. The fourth-order valence-corrected chi connectivity index (χ4v) is 1.22. The third-order valence-corrected chi connectivity index (χ3v) is 1.68. The summed E-state index contributed by atoms with van der Waals surface area (Å²) in [6.07, 6.45) is 1.96. The molecule has 0 aliphatic carbocycles. The second-order valence-corrected chi connectivity index (χ2v) is 2.55. The highest BCUT2D eigenvalue weighted by Gasteiger charge is 1.97. The van der Waals surface area contributed by atoms with E-state index in [1.54, 1.807) is 0 Å². The van der Waals surface area contributed by atoms with Crippen LogP contribution in [0.2, 0.25) is 0 Å². The molecule has 0 aliphatic heterocycles. The van der Waals surface area contributed by atoms with Gasteiger partial charge in [-0.05, 0) is 26.0 Å². The molecular weight excluding hydrogens is 138 g/mol. The Bertz CT molecular complexity index is 389. The maximum Gasteiger partial charge on any atom is 0.140 e. The molecular formula is C8H9N3. The molecule has 2 heterocycles. The molecule has 0 spiro atoms. The Kier molecular flexibility index (Phi) is 1.18. The Morgan fingerprint density at radius 3 is 2.91 bits per heavy atom. The molecule has 0 N–H and O–H groups in total. The summed E-state index contributed by atoms with van der Waals surface area (Å²) in [5.41, 5.74) is 0.968. The van der Waals surface area contributed by atoms with Gasteiger partial charge < -0.3 is 0 Å². The van der Waals surface area contributed by atoms with Crippen LogP contribution in [0.25, 0.3) is 5.65 Å². The number of fused-ring (bicyclic) bond motifs is 1. The lowest BCUT2D eigenvalue weighted by Gasteiger charge is -1.99. The minimum absolute atomic E-state index is 0.828. The Hall–Kier alpha value is -1.38. The van der Waals surface area contributed by atoms with Gasteiger partial charge in [0.05, 0.1) is 0 Å². The predicted octanol–water partition coefficient (Wildman–Crippen LogP) is 1.35. The van der Waals surface area contributed by atoms with Crippen molar-refractivity contribution < 1.29 is 0 Å². The maximum absolute atomic E-state index is 4.25. The minimum Gasteiger partial charge on any atom is -0.290 e. The van der Waals surface area contributed by atoms with Crippen molar-refractivity contribution >= 4 is 5.65 Å². The molecule has 0 amide bonds. The molecule has 0 saturated carbocycles. The molecule has 11 heavy (non-hydrogen) atoms. The number of hydrogen-bond donors (Lipinski definition) is 0. The largest absolute Gasteiger partial charge is 0.290 e.